The highest BCUT2D eigenvalue weighted by molar-refractivity contribution is 7.89. The molecule has 45 heavy (non-hydrogen) atoms. The Labute approximate surface area is 264 Å². The van der Waals surface area contributed by atoms with Crippen molar-refractivity contribution in [2.24, 2.45) is 0 Å². The molecule has 2 N–H and O–H groups in total. The van der Waals surface area contributed by atoms with Gasteiger partial charge in [-0.25, -0.2) is 13.1 Å². The molecule has 1 atom stereocenters. The summed E-state index contributed by atoms with van der Waals surface area (Å²) in [5.74, 6) is 1.37. The first-order chi connectivity index (χ1) is 21.7. The Kier molecular flexibility index (Phi) is 9.74. The zero-order chi connectivity index (χ0) is 32.0. The van der Waals surface area contributed by atoms with E-state index >= 15 is 0 Å². The van der Waals surface area contributed by atoms with Gasteiger partial charge in [-0.05, 0) is 53.1 Å². The summed E-state index contributed by atoms with van der Waals surface area (Å²) in [5.41, 5.74) is 2.15. The molecule has 8 nitrogen and oxygen atoms in total. The number of aliphatic hydroxyl groups excluding tert-OH is 1. The third-order valence-electron chi connectivity index (χ3n) is 7.85. The molecule has 0 aliphatic carbocycles. The minimum atomic E-state index is -4.06. The molecule has 0 aromatic heterocycles. The van der Waals surface area contributed by atoms with Crippen molar-refractivity contribution in [1.29, 1.82) is 0 Å². The number of anilines is 1. The molecule has 0 saturated heterocycles. The summed E-state index contributed by atoms with van der Waals surface area (Å²) in [7, 11) is 2.98. The molecule has 0 unspecified atom stereocenters. The highest BCUT2D eigenvalue weighted by Gasteiger charge is 2.39. The van der Waals surface area contributed by atoms with Gasteiger partial charge in [0.1, 0.15) is 17.1 Å². The molecule has 0 aliphatic rings. The first-order valence-corrected chi connectivity index (χ1v) is 16.0. The molecule has 5 aromatic carbocycles. The van der Waals surface area contributed by atoms with Gasteiger partial charge in [-0.15, -0.1) is 0 Å². The summed E-state index contributed by atoms with van der Waals surface area (Å²) in [4.78, 5) is 2.07. The van der Waals surface area contributed by atoms with E-state index < -0.39 is 28.3 Å². The molecule has 5 aromatic rings. The SMILES string of the molecule is COc1ccc(C(OC[C@H](CO)NS(=O)(=O)c2cccc3c(N(C)C)cccc23)(c2ccccc2)c2ccc(OC)cc2)cc1. The lowest BCUT2D eigenvalue weighted by molar-refractivity contribution is -0.00452. The molecule has 5 rings (SSSR count). The number of methoxy groups -OCH3 is 2. The second-order valence-electron chi connectivity index (χ2n) is 10.8. The van der Waals surface area contributed by atoms with E-state index in [1.165, 1.54) is 0 Å². The molecule has 9 heteroatoms. The highest BCUT2D eigenvalue weighted by Crippen LogP contribution is 2.42. The minimum absolute atomic E-state index is 0.127. The zero-order valence-electron chi connectivity index (χ0n) is 25.8. The fraction of sp³-hybridized carbons (Fsp3) is 0.222. The van der Waals surface area contributed by atoms with Crippen LogP contribution < -0.4 is 19.1 Å². The Balaban J connectivity index is 1.55. The van der Waals surface area contributed by atoms with E-state index in [-0.39, 0.29) is 11.5 Å². The third kappa shape index (κ3) is 6.53. The van der Waals surface area contributed by atoms with Crippen LogP contribution in [-0.2, 0) is 20.4 Å². The van der Waals surface area contributed by atoms with Gasteiger partial charge in [0, 0.05) is 30.6 Å². The van der Waals surface area contributed by atoms with Crippen LogP contribution in [0.3, 0.4) is 0 Å². The van der Waals surface area contributed by atoms with E-state index in [1.807, 2.05) is 116 Å². The van der Waals surface area contributed by atoms with E-state index in [0.29, 0.717) is 16.9 Å². The van der Waals surface area contributed by atoms with Crippen LogP contribution in [0, 0.1) is 0 Å². The number of nitrogens with zero attached hydrogens (tertiary/aromatic N) is 1. The van der Waals surface area contributed by atoms with Crippen molar-refractivity contribution in [1.82, 2.24) is 4.72 Å². The molecular weight excluding hydrogens is 588 g/mol. The lowest BCUT2D eigenvalue weighted by Crippen LogP contribution is -2.44. The van der Waals surface area contributed by atoms with E-state index in [9.17, 15) is 13.5 Å². The fourth-order valence-electron chi connectivity index (χ4n) is 5.60. The molecule has 0 aliphatic heterocycles. The standard InChI is InChI=1S/C36H38N2O6S/c1-38(2)34-14-8-13-33-32(34)12-9-15-35(33)45(40,41)37-29(24-39)25-44-36(26-10-6-5-7-11-26,27-16-20-30(42-3)21-17-27)28-18-22-31(43-4)23-19-28/h5-23,29,37,39H,24-25H2,1-4H3/t29-/m0/s1. The summed E-state index contributed by atoms with van der Waals surface area (Å²) in [6, 6.07) is 34.6. The number of benzene rings is 5. The van der Waals surface area contributed by atoms with Gasteiger partial charge < -0.3 is 24.2 Å². The maximum atomic E-state index is 13.9. The summed E-state index contributed by atoms with van der Waals surface area (Å²) in [6.07, 6.45) is 0. The summed E-state index contributed by atoms with van der Waals surface area (Å²) in [6.45, 7) is -0.626. The van der Waals surface area contributed by atoms with Crippen LogP contribution >= 0.6 is 0 Å². The topological polar surface area (TPSA) is 97.3 Å². The molecule has 0 spiro atoms. The normalized spacial score (nSPS) is 12.6. The van der Waals surface area contributed by atoms with Crippen molar-refractivity contribution in [2.75, 3.05) is 46.4 Å². The van der Waals surface area contributed by atoms with Crippen LogP contribution in [0.1, 0.15) is 16.7 Å². The Morgan fingerprint density at radius 3 is 1.78 bits per heavy atom. The first kappa shape index (κ1) is 32.0. The number of aliphatic hydroxyl groups is 1. The lowest BCUT2D eigenvalue weighted by atomic mass is 9.80. The zero-order valence-corrected chi connectivity index (χ0v) is 26.6. The van der Waals surface area contributed by atoms with Gasteiger partial charge in [-0.3, -0.25) is 0 Å². The van der Waals surface area contributed by atoms with Crippen LogP contribution in [0.2, 0.25) is 0 Å². The number of hydrogen-bond donors (Lipinski definition) is 2. The van der Waals surface area contributed by atoms with E-state index in [2.05, 4.69) is 4.72 Å². The number of hydrogen-bond acceptors (Lipinski definition) is 7. The quantitative estimate of drug-likeness (QED) is 0.165. The average Bonchev–Trinajstić information content (AvgIpc) is 3.08. The average molecular weight is 627 g/mol. The van der Waals surface area contributed by atoms with Crippen molar-refractivity contribution < 1.29 is 27.7 Å². The maximum absolute atomic E-state index is 13.9. The number of fused-ring (bicyclic) bond motifs is 1. The molecule has 0 bridgehead atoms. The van der Waals surface area contributed by atoms with Crippen molar-refractivity contribution in [3.63, 3.8) is 0 Å². The monoisotopic (exact) mass is 626 g/mol. The van der Waals surface area contributed by atoms with Crippen molar-refractivity contribution in [2.45, 2.75) is 16.5 Å². The van der Waals surface area contributed by atoms with Gasteiger partial charge in [-0.1, -0.05) is 78.9 Å². The fourth-order valence-corrected chi connectivity index (χ4v) is 7.03. The van der Waals surface area contributed by atoms with Gasteiger partial charge in [0.05, 0.1) is 38.4 Å². The van der Waals surface area contributed by atoms with E-state index in [4.69, 9.17) is 14.2 Å². The van der Waals surface area contributed by atoms with Crippen LogP contribution in [0.25, 0.3) is 10.8 Å². The molecule has 0 heterocycles. The Hall–Kier alpha value is -4.41. The predicted molar refractivity (Wildman–Crippen MR) is 178 cm³/mol. The molecule has 0 fully saturated rings. The minimum Gasteiger partial charge on any atom is -0.497 e. The smallest absolute Gasteiger partial charge is 0.241 e. The Bertz CT molecular complexity index is 1780. The molecule has 234 valence electrons. The van der Waals surface area contributed by atoms with Crippen LogP contribution in [0.15, 0.2) is 120 Å². The van der Waals surface area contributed by atoms with Gasteiger partial charge in [0.25, 0.3) is 0 Å². The van der Waals surface area contributed by atoms with E-state index in [0.717, 1.165) is 27.8 Å². The Morgan fingerprint density at radius 1 is 0.711 bits per heavy atom. The van der Waals surface area contributed by atoms with Crippen LogP contribution in [0.4, 0.5) is 5.69 Å². The van der Waals surface area contributed by atoms with Crippen LogP contribution in [0.5, 0.6) is 11.5 Å². The second-order valence-corrected chi connectivity index (χ2v) is 12.5. The number of rotatable bonds is 13. The molecule has 0 amide bonds. The Morgan fingerprint density at radius 2 is 1.24 bits per heavy atom. The summed E-state index contributed by atoms with van der Waals surface area (Å²) in [5, 5.41) is 11.9. The second kappa shape index (κ2) is 13.7. The number of ether oxygens (including phenoxy) is 3. The number of nitrogens with one attached hydrogen (secondary N) is 1. The highest BCUT2D eigenvalue weighted by atomic mass is 32.2. The predicted octanol–water partition coefficient (Wildman–Crippen LogP) is 5.57. The molecule has 0 saturated carbocycles. The van der Waals surface area contributed by atoms with Gasteiger partial charge in [-0.2, -0.15) is 0 Å². The molecule has 0 radical (unpaired) electrons. The number of sulfonamides is 1. The molecular formula is C36H38N2O6S. The van der Waals surface area contributed by atoms with Crippen molar-refractivity contribution in [3.05, 3.63) is 132 Å². The van der Waals surface area contributed by atoms with Crippen molar-refractivity contribution in [3.8, 4) is 11.5 Å². The third-order valence-corrected chi connectivity index (χ3v) is 9.43. The van der Waals surface area contributed by atoms with Gasteiger partial charge in [0.15, 0.2) is 0 Å². The summed E-state index contributed by atoms with van der Waals surface area (Å²) >= 11 is 0. The van der Waals surface area contributed by atoms with Crippen molar-refractivity contribution >= 4 is 26.5 Å². The first-order valence-electron chi connectivity index (χ1n) is 14.5. The van der Waals surface area contributed by atoms with Crippen LogP contribution in [-0.4, -0.2) is 61.1 Å². The van der Waals surface area contributed by atoms with E-state index in [1.54, 1.807) is 32.4 Å². The maximum Gasteiger partial charge on any atom is 0.241 e. The largest absolute Gasteiger partial charge is 0.497 e. The lowest BCUT2D eigenvalue weighted by Gasteiger charge is -2.37. The van der Waals surface area contributed by atoms with Gasteiger partial charge >= 0.3 is 0 Å². The van der Waals surface area contributed by atoms with Gasteiger partial charge in [0.2, 0.25) is 10.0 Å². The summed E-state index contributed by atoms with van der Waals surface area (Å²) < 4.78 is 48.1.